The van der Waals surface area contributed by atoms with Crippen molar-refractivity contribution in [1.29, 1.82) is 0 Å². The second kappa shape index (κ2) is 9.08. The molecule has 0 aliphatic heterocycles. The first-order chi connectivity index (χ1) is 9.71. The third-order valence-corrected chi connectivity index (χ3v) is 3.28. The molecule has 0 spiro atoms. The summed E-state index contributed by atoms with van der Waals surface area (Å²) >= 11 is 0. The van der Waals surface area contributed by atoms with Crippen molar-refractivity contribution in [1.82, 2.24) is 10.3 Å². The van der Waals surface area contributed by atoms with Gasteiger partial charge in [0.1, 0.15) is 0 Å². The maximum atomic E-state index is 12.3. The zero-order valence-corrected chi connectivity index (χ0v) is 12.2. The molecule has 0 saturated heterocycles. The summed E-state index contributed by atoms with van der Waals surface area (Å²) < 4.78 is 0. The van der Waals surface area contributed by atoms with Crippen molar-refractivity contribution in [2.75, 3.05) is 0 Å². The van der Waals surface area contributed by atoms with Crippen molar-refractivity contribution in [2.45, 2.75) is 38.6 Å². The summed E-state index contributed by atoms with van der Waals surface area (Å²) in [6.45, 7) is 9.69. The molecule has 1 aromatic heterocycles. The number of hydrogen-bond donors (Lipinski definition) is 1. The fraction of sp³-hybridized carbons (Fsp3) is 0.412. The highest BCUT2D eigenvalue weighted by Crippen LogP contribution is 2.10. The van der Waals surface area contributed by atoms with E-state index in [2.05, 4.69) is 30.4 Å². The van der Waals surface area contributed by atoms with Gasteiger partial charge in [0.2, 0.25) is 5.91 Å². The van der Waals surface area contributed by atoms with E-state index in [0.717, 1.165) is 24.8 Å². The fourth-order valence-corrected chi connectivity index (χ4v) is 2.02. The molecule has 0 radical (unpaired) electrons. The second-order valence-corrected chi connectivity index (χ2v) is 4.90. The van der Waals surface area contributed by atoms with Crippen LogP contribution in [-0.2, 0) is 11.2 Å². The molecule has 0 aliphatic carbocycles. The Kier molecular flexibility index (Phi) is 7.33. The van der Waals surface area contributed by atoms with E-state index in [4.69, 9.17) is 0 Å². The summed E-state index contributed by atoms with van der Waals surface area (Å²) in [7, 11) is 0. The average molecular weight is 272 g/mol. The molecule has 2 atom stereocenters. The topological polar surface area (TPSA) is 42.0 Å². The van der Waals surface area contributed by atoms with Crippen LogP contribution >= 0.6 is 0 Å². The van der Waals surface area contributed by atoms with E-state index in [1.54, 1.807) is 24.5 Å². The lowest BCUT2D eigenvalue weighted by atomic mass is 9.99. The Balaban J connectivity index is 2.58. The van der Waals surface area contributed by atoms with Crippen LogP contribution in [0.1, 0.15) is 31.7 Å². The minimum atomic E-state index is -0.233. The van der Waals surface area contributed by atoms with E-state index >= 15 is 0 Å². The first-order valence-corrected chi connectivity index (χ1v) is 7.15. The number of hydrogen-bond acceptors (Lipinski definition) is 2. The van der Waals surface area contributed by atoms with Crippen LogP contribution in [0, 0.1) is 5.92 Å². The van der Waals surface area contributed by atoms with E-state index in [-0.39, 0.29) is 17.9 Å². The van der Waals surface area contributed by atoms with Crippen molar-refractivity contribution < 1.29 is 4.79 Å². The molecule has 0 saturated carbocycles. The molecule has 0 fully saturated rings. The molecule has 1 amide bonds. The molecule has 0 bridgehead atoms. The number of amides is 1. The Bertz CT molecular complexity index is 428. The highest BCUT2D eigenvalue weighted by atomic mass is 16.1. The van der Waals surface area contributed by atoms with E-state index in [1.165, 1.54) is 0 Å². The molecule has 3 nitrogen and oxygen atoms in total. The predicted octanol–water partition coefficient (Wildman–Crippen LogP) is 3.29. The summed E-state index contributed by atoms with van der Waals surface area (Å²) in [6.07, 6.45) is 10.8. The lowest BCUT2D eigenvalue weighted by molar-refractivity contribution is -0.124. The number of nitrogens with zero attached hydrogens (tertiary/aromatic N) is 1. The van der Waals surface area contributed by atoms with Gasteiger partial charge < -0.3 is 5.32 Å². The first kappa shape index (κ1) is 16.2. The maximum absolute atomic E-state index is 12.3. The third-order valence-electron chi connectivity index (χ3n) is 3.28. The minimum absolute atomic E-state index is 0.00450. The quantitative estimate of drug-likeness (QED) is 0.701. The lowest BCUT2D eigenvalue weighted by Crippen LogP contribution is -2.37. The Morgan fingerprint density at radius 3 is 2.80 bits per heavy atom. The molecule has 0 aromatic carbocycles. The third kappa shape index (κ3) is 5.39. The minimum Gasteiger partial charge on any atom is -0.349 e. The Labute approximate surface area is 121 Å². The summed E-state index contributed by atoms with van der Waals surface area (Å²) in [5, 5.41) is 3.02. The van der Waals surface area contributed by atoms with Crippen molar-refractivity contribution in [2.24, 2.45) is 5.92 Å². The first-order valence-electron chi connectivity index (χ1n) is 7.15. The molecule has 0 aliphatic rings. The van der Waals surface area contributed by atoms with Gasteiger partial charge in [-0.2, -0.15) is 0 Å². The summed E-state index contributed by atoms with van der Waals surface area (Å²) in [5.41, 5.74) is 1.04. The number of carbonyl (C=O) groups is 1. The van der Waals surface area contributed by atoms with Crippen molar-refractivity contribution >= 4 is 5.91 Å². The molecule has 3 heteroatoms. The van der Waals surface area contributed by atoms with Gasteiger partial charge in [-0.1, -0.05) is 38.0 Å². The summed E-state index contributed by atoms with van der Waals surface area (Å²) in [5.74, 6) is -0.229. The van der Waals surface area contributed by atoms with Crippen LogP contribution < -0.4 is 5.32 Å². The normalized spacial score (nSPS) is 13.2. The number of pyridine rings is 1. The van der Waals surface area contributed by atoms with Gasteiger partial charge >= 0.3 is 0 Å². The number of carbonyl (C=O) groups excluding carboxylic acids is 1. The van der Waals surface area contributed by atoms with Crippen LogP contribution in [0.25, 0.3) is 0 Å². The Morgan fingerprint density at radius 1 is 1.45 bits per heavy atom. The van der Waals surface area contributed by atoms with Gasteiger partial charge in [-0.05, 0) is 24.5 Å². The molecular weight excluding hydrogens is 248 g/mol. The van der Waals surface area contributed by atoms with Crippen LogP contribution in [0.2, 0.25) is 0 Å². The standard InChI is InChI=1S/C17H24N2O/c1-4-7-10-16(6-3)19-17(20)15(5-2)12-14-9-8-11-18-13-14/h5-6,8-9,11,13,15-16H,2-4,7,10,12H2,1H3,(H,19,20)/t15-,16+/m0/s1. The lowest BCUT2D eigenvalue weighted by Gasteiger charge is -2.18. The predicted molar refractivity (Wildman–Crippen MR) is 83.3 cm³/mol. The highest BCUT2D eigenvalue weighted by molar-refractivity contribution is 5.81. The van der Waals surface area contributed by atoms with Gasteiger partial charge in [0.15, 0.2) is 0 Å². The molecule has 1 heterocycles. The fourth-order valence-electron chi connectivity index (χ4n) is 2.02. The molecule has 0 unspecified atom stereocenters. The van der Waals surface area contributed by atoms with Gasteiger partial charge in [-0.3, -0.25) is 9.78 Å². The largest absolute Gasteiger partial charge is 0.349 e. The molecule has 108 valence electrons. The van der Waals surface area contributed by atoms with Gasteiger partial charge in [-0.15, -0.1) is 13.2 Å². The SMILES string of the molecule is C=C[C@H](CCCC)NC(=O)[C@@H](C=C)Cc1cccnc1. The number of unbranched alkanes of at least 4 members (excludes halogenated alkanes) is 1. The van der Waals surface area contributed by atoms with Crippen molar-refractivity contribution in [3.8, 4) is 0 Å². The van der Waals surface area contributed by atoms with Gasteiger partial charge in [-0.25, -0.2) is 0 Å². The summed E-state index contributed by atoms with van der Waals surface area (Å²) in [6, 6.07) is 3.89. The zero-order valence-electron chi connectivity index (χ0n) is 12.2. The van der Waals surface area contributed by atoms with Crippen LogP contribution in [0.3, 0.4) is 0 Å². The molecule has 20 heavy (non-hydrogen) atoms. The van der Waals surface area contributed by atoms with Crippen molar-refractivity contribution in [3.63, 3.8) is 0 Å². The number of nitrogens with one attached hydrogen (secondary N) is 1. The molecule has 1 aromatic rings. The second-order valence-electron chi connectivity index (χ2n) is 4.90. The number of aromatic nitrogens is 1. The van der Waals surface area contributed by atoms with Crippen molar-refractivity contribution in [3.05, 3.63) is 55.4 Å². The molecule has 1 N–H and O–H groups in total. The summed E-state index contributed by atoms with van der Waals surface area (Å²) in [4.78, 5) is 16.3. The van der Waals surface area contributed by atoms with Gasteiger partial charge in [0.25, 0.3) is 0 Å². The highest BCUT2D eigenvalue weighted by Gasteiger charge is 2.17. The zero-order chi connectivity index (χ0) is 14.8. The van der Waals surface area contributed by atoms with E-state index < -0.39 is 0 Å². The Morgan fingerprint density at radius 2 is 2.25 bits per heavy atom. The maximum Gasteiger partial charge on any atom is 0.227 e. The van der Waals surface area contributed by atoms with Crippen LogP contribution in [0.15, 0.2) is 49.8 Å². The van der Waals surface area contributed by atoms with Crippen LogP contribution in [0.5, 0.6) is 0 Å². The number of rotatable bonds is 9. The molecular formula is C17H24N2O. The van der Waals surface area contributed by atoms with Crippen LogP contribution in [0.4, 0.5) is 0 Å². The smallest absolute Gasteiger partial charge is 0.227 e. The monoisotopic (exact) mass is 272 g/mol. The van der Waals surface area contributed by atoms with E-state index in [9.17, 15) is 4.79 Å². The average Bonchev–Trinajstić information content (AvgIpc) is 2.49. The van der Waals surface area contributed by atoms with Gasteiger partial charge in [0.05, 0.1) is 5.92 Å². The van der Waals surface area contributed by atoms with Gasteiger partial charge in [0, 0.05) is 18.4 Å². The molecule has 1 rings (SSSR count). The Hall–Kier alpha value is -1.90. The van der Waals surface area contributed by atoms with E-state index in [1.807, 2.05) is 12.1 Å². The van der Waals surface area contributed by atoms with E-state index in [0.29, 0.717) is 6.42 Å². The van der Waals surface area contributed by atoms with Crippen LogP contribution in [-0.4, -0.2) is 16.9 Å².